The summed E-state index contributed by atoms with van der Waals surface area (Å²) >= 11 is 0. The van der Waals surface area contributed by atoms with Crippen LogP contribution in [0.5, 0.6) is 5.75 Å². The standard InChI is InChI=1S/C16H24FNO2/c1-12(19)9-14-5-3-4-8-18(14)11-13-6-7-15(20-2)10-16(13)17/h6-7,10,12,14,19H,3-5,8-9,11H2,1-2H3. The van der Waals surface area contributed by atoms with Gasteiger partial charge < -0.3 is 9.84 Å². The van der Waals surface area contributed by atoms with E-state index in [9.17, 15) is 9.50 Å². The molecule has 1 saturated heterocycles. The first-order valence-electron chi connectivity index (χ1n) is 7.34. The summed E-state index contributed by atoms with van der Waals surface area (Å²) in [6, 6.07) is 5.38. The Bertz CT molecular complexity index is 436. The number of rotatable bonds is 5. The van der Waals surface area contributed by atoms with Crippen molar-refractivity contribution in [1.29, 1.82) is 0 Å². The van der Waals surface area contributed by atoms with Crippen LogP contribution in [0.25, 0.3) is 0 Å². The van der Waals surface area contributed by atoms with Crippen molar-refractivity contribution < 1.29 is 14.2 Å². The Labute approximate surface area is 120 Å². The van der Waals surface area contributed by atoms with Crippen LogP contribution in [0.1, 0.15) is 38.2 Å². The first kappa shape index (κ1) is 15.3. The fourth-order valence-electron chi connectivity index (χ4n) is 2.93. The number of aliphatic hydroxyl groups is 1. The molecule has 0 amide bonds. The molecule has 1 fully saturated rings. The third kappa shape index (κ3) is 3.93. The average molecular weight is 281 g/mol. The number of likely N-dealkylation sites (tertiary alicyclic amines) is 1. The van der Waals surface area contributed by atoms with Crippen molar-refractivity contribution in [1.82, 2.24) is 4.90 Å². The van der Waals surface area contributed by atoms with Crippen molar-refractivity contribution >= 4 is 0 Å². The van der Waals surface area contributed by atoms with E-state index in [0.29, 0.717) is 23.9 Å². The Morgan fingerprint density at radius 3 is 2.90 bits per heavy atom. The molecule has 1 aromatic rings. The number of hydrogen-bond acceptors (Lipinski definition) is 3. The predicted molar refractivity (Wildman–Crippen MR) is 77.3 cm³/mol. The van der Waals surface area contributed by atoms with Crippen LogP contribution in [-0.4, -0.2) is 35.8 Å². The molecule has 0 saturated carbocycles. The largest absolute Gasteiger partial charge is 0.497 e. The van der Waals surface area contributed by atoms with Crippen molar-refractivity contribution in [3.63, 3.8) is 0 Å². The molecule has 1 N–H and O–H groups in total. The molecule has 3 nitrogen and oxygen atoms in total. The van der Waals surface area contributed by atoms with Gasteiger partial charge in [-0.15, -0.1) is 0 Å². The van der Waals surface area contributed by atoms with E-state index in [0.717, 1.165) is 25.8 Å². The molecule has 112 valence electrons. The molecular formula is C16H24FNO2. The molecule has 4 heteroatoms. The Morgan fingerprint density at radius 1 is 1.45 bits per heavy atom. The van der Waals surface area contributed by atoms with Crippen LogP contribution >= 0.6 is 0 Å². The van der Waals surface area contributed by atoms with Crippen molar-refractivity contribution in [2.75, 3.05) is 13.7 Å². The van der Waals surface area contributed by atoms with Crippen molar-refractivity contribution in [2.45, 2.75) is 51.3 Å². The second-order valence-electron chi connectivity index (χ2n) is 5.66. The van der Waals surface area contributed by atoms with Gasteiger partial charge in [0.05, 0.1) is 13.2 Å². The molecule has 2 rings (SSSR count). The number of benzene rings is 1. The summed E-state index contributed by atoms with van der Waals surface area (Å²) in [5, 5.41) is 9.59. The molecule has 0 spiro atoms. The lowest BCUT2D eigenvalue weighted by molar-refractivity contribution is 0.0810. The van der Waals surface area contributed by atoms with E-state index in [-0.39, 0.29) is 11.9 Å². The average Bonchev–Trinajstić information content (AvgIpc) is 2.42. The van der Waals surface area contributed by atoms with Gasteiger partial charge in [0.15, 0.2) is 0 Å². The van der Waals surface area contributed by atoms with E-state index >= 15 is 0 Å². The first-order valence-corrected chi connectivity index (χ1v) is 7.34. The number of hydrogen-bond donors (Lipinski definition) is 1. The van der Waals surface area contributed by atoms with Gasteiger partial charge in [0.25, 0.3) is 0 Å². The van der Waals surface area contributed by atoms with E-state index < -0.39 is 0 Å². The lowest BCUT2D eigenvalue weighted by Crippen LogP contribution is -2.40. The van der Waals surface area contributed by atoms with Crippen LogP contribution in [0.3, 0.4) is 0 Å². The highest BCUT2D eigenvalue weighted by molar-refractivity contribution is 5.28. The van der Waals surface area contributed by atoms with Crippen LogP contribution in [0.15, 0.2) is 18.2 Å². The summed E-state index contributed by atoms with van der Waals surface area (Å²) in [6.07, 6.45) is 3.88. The fourth-order valence-corrected chi connectivity index (χ4v) is 2.93. The second kappa shape index (κ2) is 7.04. The monoisotopic (exact) mass is 281 g/mol. The molecular weight excluding hydrogens is 257 g/mol. The highest BCUT2D eigenvalue weighted by atomic mass is 19.1. The van der Waals surface area contributed by atoms with E-state index in [1.54, 1.807) is 12.1 Å². The third-order valence-electron chi connectivity index (χ3n) is 4.00. The fraction of sp³-hybridized carbons (Fsp3) is 0.625. The van der Waals surface area contributed by atoms with Gasteiger partial charge in [-0.05, 0) is 38.8 Å². The zero-order valence-electron chi connectivity index (χ0n) is 12.3. The minimum Gasteiger partial charge on any atom is -0.497 e. The molecule has 0 radical (unpaired) electrons. The molecule has 1 aromatic carbocycles. The number of ether oxygens (including phenoxy) is 1. The van der Waals surface area contributed by atoms with Crippen LogP contribution in [0.2, 0.25) is 0 Å². The molecule has 2 unspecified atom stereocenters. The lowest BCUT2D eigenvalue weighted by Gasteiger charge is -2.36. The predicted octanol–water partition coefficient (Wildman–Crippen LogP) is 2.96. The maximum absolute atomic E-state index is 14.0. The summed E-state index contributed by atoms with van der Waals surface area (Å²) < 4.78 is 19.1. The summed E-state index contributed by atoms with van der Waals surface area (Å²) in [6.45, 7) is 3.40. The molecule has 1 aliphatic heterocycles. The van der Waals surface area contributed by atoms with E-state index in [2.05, 4.69) is 4.90 Å². The molecule has 0 aliphatic carbocycles. The molecule has 0 aromatic heterocycles. The first-order chi connectivity index (χ1) is 9.60. The minimum absolute atomic E-state index is 0.217. The number of nitrogens with zero attached hydrogens (tertiary/aromatic N) is 1. The maximum atomic E-state index is 14.0. The van der Waals surface area contributed by atoms with Gasteiger partial charge in [0.2, 0.25) is 0 Å². The van der Waals surface area contributed by atoms with Gasteiger partial charge >= 0.3 is 0 Å². The maximum Gasteiger partial charge on any atom is 0.131 e. The van der Waals surface area contributed by atoms with Crippen molar-refractivity contribution in [3.8, 4) is 5.75 Å². The molecule has 20 heavy (non-hydrogen) atoms. The third-order valence-corrected chi connectivity index (χ3v) is 4.00. The quantitative estimate of drug-likeness (QED) is 0.900. The number of halogens is 1. The Balaban J connectivity index is 2.06. The number of aliphatic hydroxyl groups excluding tert-OH is 1. The molecule has 0 bridgehead atoms. The zero-order chi connectivity index (χ0) is 14.5. The van der Waals surface area contributed by atoms with Gasteiger partial charge in [0.1, 0.15) is 11.6 Å². The summed E-state index contributed by atoms with van der Waals surface area (Å²) in [5.74, 6) is 0.330. The van der Waals surface area contributed by atoms with Crippen LogP contribution in [-0.2, 0) is 6.54 Å². The van der Waals surface area contributed by atoms with Crippen LogP contribution in [0.4, 0.5) is 4.39 Å². The zero-order valence-corrected chi connectivity index (χ0v) is 12.3. The normalized spacial score (nSPS) is 21.7. The lowest BCUT2D eigenvalue weighted by atomic mass is 9.96. The Kier molecular flexibility index (Phi) is 5.38. The SMILES string of the molecule is COc1ccc(CN2CCCCC2CC(C)O)c(F)c1. The van der Waals surface area contributed by atoms with Crippen LogP contribution < -0.4 is 4.74 Å². The molecule has 2 atom stereocenters. The summed E-state index contributed by atoms with van der Waals surface area (Å²) in [7, 11) is 1.54. The van der Waals surface area contributed by atoms with Crippen molar-refractivity contribution in [3.05, 3.63) is 29.6 Å². The molecule has 1 heterocycles. The minimum atomic E-state index is -0.304. The van der Waals surface area contributed by atoms with E-state index in [1.165, 1.54) is 19.6 Å². The van der Waals surface area contributed by atoms with Crippen molar-refractivity contribution in [2.24, 2.45) is 0 Å². The summed E-state index contributed by atoms with van der Waals surface area (Å²) in [4.78, 5) is 2.29. The van der Waals surface area contributed by atoms with E-state index in [4.69, 9.17) is 4.74 Å². The Hall–Kier alpha value is -1.13. The highest BCUT2D eigenvalue weighted by Crippen LogP contribution is 2.25. The highest BCUT2D eigenvalue weighted by Gasteiger charge is 2.24. The smallest absolute Gasteiger partial charge is 0.131 e. The van der Waals surface area contributed by atoms with Gasteiger partial charge in [-0.3, -0.25) is 4.90 Å². The number of piperidine rings is 1. The van der Waals surface area contributed by atoms with Gasteiger partial charge in [-0.2, -0.15) is 0 Å². The summed E-state index contributed by atoms with van der Waals surface area (Å²) in [5.41, 5.74) is 0.697. The topological polar surface area (TPSA) is 32.7 Å². The van der Waals surface area contributed by atoms with Crippen LogP contribution in [0, 0.1) is 5.82 Å². The molecule has 1 aliphatic rings. The Morgan fingerprint density at radius 2 is 2.25 bits per heavy atom. The van der Waals surface area contributed by atoms with Gasteiger partial charge in [0, 0.05) is 24.2 Å². The number of methoxy groups -OCH3 is 1. The van der Waals surface area contributed by atoms with E-state index in [1.807, 2.05) is 6.92 Å². The second-order valence-corrected chi connectivity index (χ2v) is 5.66. The van der Waals surface area contributed by atoms with Gasteiger partial charge in [-0.25, -0.2) is 4.39 Å². The van der Waals surface area contributed by atoms with Gasteiger partial charge in [-0.1, -0.05) is 12.5 Å².